The molecule has 13 aromatic rings. The molecule has 0 atom stereocenters. The molecule has 4 aromatic heterocycles. The van der Waals surface area contributed by atoms with Gasteiger partial charge in [-0.2, -0.15) is 0 Å². The van der Waals surface area contributed by atoms with E-state index in [0.717, 1.165) is 33.4 Å². The van der Waals surface area contributed by atoms with Crippen molar-refractivity contribution >= 4 is 92.3 Å². The van der Waals surface area contributed by atoms with Crippen molar-refractivity contribution in [1.82, 2.24) is 18.9 Å². The number of hydrogen-bond acceptors (Lipinski definition) is 2. The van der Waals surface area contributed by atoms with Crippen LogP contribution in [0.5, 0.6) is 0 Å². The molecule has 56 heavy (non-hydrogen) atoms. The molecule has 0 radical (unpaired) electrons. The number of aromatic nitrogens is 4. The van der Waals surface area contributed by atoms with Gasteiger partial charge in [-0.15, -0.1) is 0 Å². The Hall–Kier alpha value is -7.56. The first-order chi connectivity index (χ1) is 27.8. The van der Waals surface area contributed by atoms with Gasteiger partial charge in [-0.05, 0) is 88.3 Å². The SMILES string of the molecule is c1ccc2cc(-c3nc(-c4ccc(-n5c6cc7ccccc7cc6c6cc7c8ccccc8n8c9ccccc9c(c65)c78)cc4)nc4ccccc34)ccc2c1. The molecule has 4 heterocycles. The highest BCUT2D eigenvalue weighted by molar-refractivity contribution is 6.34. The minimum atomic E-state index is 0.713. The van der Waals surface area contributed by atoms with Crippen LogP contribution in [0.15, 0.2) is 182 Å². The Morgan fingerprint density at radius 1 is 0.357 bits per heavy atom. The summed E-state index contributed by atoms with van der Waals surface area (Å²) in [6.45, 7) is 0. The average molecular weight is 711 g/mol. The number of nitrogens with zero attached hydrogens (tertiary/aromatic N) is 4. The monoisotopic (exact) mass is 710 g/mol. The molecule has 0 saturated heterocycles. The largest absolute Gasteiger partial charge is 0.309 e. The fourth-order valence-electron chi connectivity index (χ4n) is 9.48. The lowest BCUT2D eigenvalue weighted by molar-refractivity contribution is 1.18. The van der Waals surface area contributed by atoms with E-state index < -0.39 is 0 Å². The maximum Gasteiger partial charge on any atom is 0.160 e. The third-order valence-electron chi connectivity index (χ3n) is 12.0. The van der Waals surface area contributed by atoms with Crippen LogP contribution >= 0.6 is 0 Å². The predicted molar refractivity (Wildman–Crippen MR) is 234 cm³/mol. The van der Waals surface area contributed by atoms with Crippen LogP contribution in [0.1, 0.15) is 0 Å². The van der Waals surface area contributed by atoms with Crippen molar-refractivity contribution in [2.24, 2.45) is 0 Å². The Balaban J connectivity index is 1.08. The maximum atomic E-state index is 5.27. The van der Waals surface area contributed by atoms with Gasteiger partial charge in [0.2, 0.25) is 0 Å². The molecule has 0 aliphatic rings. The van der Waals surface area contributed by atoms with Gasteiger partial charge in [0.05, 0.1) is 38.8 Å². The van der Waals surface area contributed by atoms with Gasteiger partial charge in [0.25, 0.3) is 0 Å². The van der Waals surface area contributed by atoms with Gasteiger partial charge in [-0.25, -0.2) is 9.97 Å². The van der Waals surface area contributed by atoms with Gasteiger partial charge in [0, 0.05) is 54.5 Å². The summed E-state index contributed by atoms with van der Waals surface area (Å²) in [6.07, 6.45) is 0. The summed E-state index contributed by atoms with van der Waals surface area (Å²) in [4.78, 5) is 10.4. The highest BCUT2D eigenvalue weighted by atomic mass is 15.0. The molecular weight excluding hydrogens is 681 g/mol. The van der Waals surface area contributed by atoms with Crippen LogP contribution in [0.2, 0.25) is 0 Å². The van der Waals surface area contributed by atoms with Crippen molar-refractivity contribution in [3.8, 4) is 28.3 Å². The van der Waals surface area contributed by atoms with Gasteiger partial charge < -0.3 is 8.97 Å². The van der Waals surface area contributed by atoms with Crippen LogP contribution in [0.4, 0.5) is 0 Å². The van der Waals surface area contributed by atoms with Crippen LogP contribution in [0.25, 0.3) is 121 Å². The van der Waals surface area contributed by atoms with E-state index in [1.165, 1.54) is 81.4 Å². The van der Waals surface area contributed by atoms with Crippen LogP contribution in [0.3, 0.4) is 0 Å². The van der Waals surface area contributed by atoms with Crippen molar-refractivity contribution in [3.05, 3.63) is 182 Å². The quantitative estimate of drug-likeness (QED) is 0.183. The van der Waals surface area contributed by atoms with E-state index in [-0.39, 0.29) is 0 Å². The first kappa shape index (κ1) is 29.8. The second-order valence-electron chi connectivity index (χ2n) is 15.0. The Bertz CT molecular complexity index is 3760. The summed E-state index contributed by atoms with van der Waals surface area (Å²) in [7, 11) is 0. The molecule has 0 bridgehead atoms. The normalized spacial score (nSPS) is 12.3. The summed E-state index contributed by atoms with van der Waals surface area (Å²) in [5.74, 6) is 0.713. The number of hydrogen-bond donors (Lipinski definition) is 0. The third kappa shape index (κ3) is 4.02. The Kier molecular flexibility index (Phi) is 5.86. The standard InChI is InChI=1S/C52H30N4/c1-2-12-33-27-36(22-21-31(33)11-1)49-39-16-5-8-18-44(39)53-52(54-49)32-23-25-37(26-24-32)55-47-29-35-14-4-3-13-34(35)28-41(47)43-30-42-38-15-6-9-19-45(38)56-46-20-10-7-17-40(46)48(50(43)55)51(42)56/h1-30H. The molecule has 0 fully saturated rings. The van der Waals surface area contributed by atoms with Crippen molar-refractivity contribution < 1.29 is 0 Å². The number of para-hydroxylation sites is 3. The second kappa shape index (κ2) is 11.0. The lowest BCUT2D eigenvalue weighted by Crippen LogP contribution is -1.97. The van der Waals surface area contributed by atoms with Crippen LogP contribution in [-0.4, -0.2) is 18.9 Å². The highest BCUT2D eigenvalue weighted by Crippen LogP contribution is 2.47. The molecule has 0 aliphatic heterocycles. The molecule has 4 nitrogen and oxygen atoms in total. The fraction of sp³-hybridized carbons (Fsp3) is 0. The summed E-state index contributed by atoms with van der Waals surface area (Å²) in [5.41, 5.74) is 11.2. The van der Waals surface area contributed by atoms with Crippen LogP contribution < -0.4 is 0 Å². The molecule has 0 amide bonds. The Morgan fingerprint density at radius 2 is 0.964 bits per heavy atom. The molecular formula is C52H30N4. The van der Waals surface area contributed by atoms with Gasteiger partial charge in [0.15, 0.2) is 5.82 Å². The van der Waals surface area contributed by atoms with E-state index >= 15 is 0 Å². The molecule has 0 N–H and O–H groups in total. The van der Waals surface area contributed by atoms with Crippen LogP contribution in [0, 0.1) is 0 Å². The summed E-state index contributed by atoms with van der Waals surface area (Å²) < 4.78 is 4.96. The van der Waals surface area contributed by atoms with E-state index in [1.807, 2.05) is 0 Å². The number of fused-ring (bicyclic) bond motifs is 13. The van der Waals surface area contributed by atoms with E-state index in [0.29, 0.717) is 5.82 Å². The van der Waals surface area contributed by atoms with Gasteiger partial charge in [0.1, 0.15) is 0 Å². The van der Waals surface area contributed by atoms with Crippen molar-refractivity contribution in [1.29, 1.82) is 0 Å². The molecule has 258 valence electrons. The zero-order valence-electron chi connectivity index (χ0n) is 30.1. The third-order valence-corrected chi connectivity index (χ3v) is 12.0. The minimum Gasteiger partial charge on any atom is -0.309 e. The fourth-order valence-corrected chi connectivity index (χ4v) is 9.48. The van der Waals surface area contributed by atoms with Gasteiger partial charge >= 0.3 is 0 Å². The topological polar surface area (TPSA) is 35.1 Å². The molecule has 0 unspecified atom stereocenters. The second-order valence-corrected chi connectivity index (χ2v) is 15.0. The van der Waals surface area contributed by atoms with Crippen molar-refractivity contribution in [3.63, 3.8) is 0 Å². The zero-order chi connectivity index (χ0) is 36.5. The number of benzene rings is 9. The first-order valence-electron chi connectivity index (χ1n) is 19.2. The van der Waals surface area contributed by atoms with Crippen molar-refractivity contribution in [2.75, 3.05) is 0 Å². The minimum absolute atomic E-state index is 0.713. The van der Waals surface area contributed by atoms with Gasteiger partial charge in [-0.1, -0.05) is 115 Å². The predicted octanol–water partition coefficient (Wildman–Crippen LogP) is 13.5. The maximum absolute atomic E-state index is 5.27. The van der Waals surface area contributed by atoms with E-state index in [9.17, 15) is 0 Å². The molecule has 4 heteroatoms. The molecule has 0 saturated carbocycles. The van der Waals surface area contributed by atoms with Crippen LogP contribution in [-0.2, 0) is 0 Å². The average Bonchev–Trinajstić information content (AvgIpc) is 3.89. The smallest absolute Gasteiger partial charge is 0.160 e. The lowest BCUT2D eigenvalue weighted by Gasteiger charge is -2.12. The summed E-state index contributed by atoms with van der Waals surface area (Å²) in [5, 5.41) is 13.5. The van der Waals surface area contributed by atoms with E-state index in [1.54, 1.807) is 0 Å². The molecule has 0 aliphatic carbocycles. The Labute approximate surface area is 320 Å². The summed E-state index contributed by atoms with van der Waals surface area (Å²) >= 11 is 0. The lowest BCUT2D eigenvalue weighted by atomic mass is 10.0. The molecule has 13 rings (SSSR count). The highest BCUT2D eigenvalue weighted by Gasteiger charge is 2.24. The van der Waals surface area contributed by atoms with Crippen molar-refractivity contribution in [2.45, 2.75) is 0 Å². The van der Waals surface area contributed by atoms with Gasteiger partial charge in [-0.3, -0.25) is 0 Å². The number of rotatable bonds is 3. The zero-order valence-corrected chi connectivity index (χ0v) is 30.1. The molecule has 0 spiro atoms. The summed E-state index contributed by atoms with van der Waals surface area (Å²) in [6, 6.07) is 65.9. The Morgan fingerprint density at radius 3 is 1.77 bits per heavy atom. The van der Waals surface area contributed by atoms with E-state index in [4.69, 9.17) is 9.97 Å². The first-order valence-corrected chi connectivity index (χ1v) is 19.2. The van der Waals surface area contributed by atoms with E-state index in [2.05, 4.69) is 191 Å². The molecule has 9 aromatic carbocycles.